The summed E-state index contributed by atoms with van der Waals surface area (Å²) in [5.41, 5.74) is 0.748. The number of benzene rings is 1. The van der Waals surface area contributed by atoms with Gasteiger partial charge in [-0.25, -0.2) is 4.98 Å². The molecule has 1 aromatic carbocycles. The molecule has 3 aliphatic heterocycles. The van der Waals surface area contributed by atoms with E-state index in [0.717, 1.165) is 30.9 Å². The lowest BCUT2D eigenvalue weighted by Gasteiger charge is -2.44. The van der Waals surface area contributed by atoms with Gasteiger partial charge in [-0.05, 0) is 56.3 Å². The number of allylic oxidation sites excluding steroid dienone is 1. The van der Waals surface area contributed by atoms with Gasteiger partial charge in [-0.2, -0.15) is 17.6 Å². The van der Waals surface area contributed by atoms with Crippen molar-refractivity contribution in [2.24, 2.45) is 0 Å². The lowest BCUT2D eigenvalue weighted by molar-refractivity contribution is -0.115. The van der Waals surface area contributed by atoms with E-state index >= 15 is 4.39 Å². The Labute approximate surface area is 248 Å². The average molecular weight is 601 g/mol. The number of nitrogens with one attached hydrogen (secondary N) is 2. The van der Waals surface area contributed by atoms with E-state index in [-0.39, 0.29) is 29.0 Å². The number of dihydropyridines is 1. The molecule has 0 radical (unpaired) electrons. The van der Waals surface area contributed by atoms with Crippen molar-refractivity contribution in [3.05, 3.63) is 77.7 Å². The number of alkyl halides is 3. The zero-order chi connectivity index (χ0) is 30.9. The lowest BCUT2D eigenvalue weighted by atomic mass is 10.00. The van der Waals surface area contributed by atoms with Gasteiger partial charge in [0, 0.05) is 68.5 Å². The van der Waals surface area contributed by atoms with Crippen LogP contribution in [0.5, 0.6) is 0 Å². The zero-order valence-corrected chi connectivity index (χ0v) is 24.5. The minimum atomic E-state index is -4.77. The van der Waals surface area contributed by atoms with Crippen molar-refractivity contribution in [3.63, 3.8) is 0 Å². The molecule has 3 aliphatic rings. The molecule has 4 heterocycles. The summed E-state index contributed by atoms with van der Waals surface area (Å²) in [5.74, 6) is -1.63. The van der Waals surface area contributed by atoms with Crippen LogP contribution in [0.1, 0.15) is 19.4 Å². The Balaban J connectivity index is 1.51. The first kappa shape index (κ1) is 30.7. The summed E-state index contributed by atoms with van der Waals surface area (Å²) in [6.45, 7) is 12.3. The van der Waals surface area contributed by atoms with Gasteiger partial charge < -0.3 is 20.3 Å². The van der Waals surface area contributed by atoms with Gasteiger partial charge in [0.1, 0.15) is 0 Å². The quantitative estimate of drug-likeness (QED) is 0.369. The number of hydrogen-bond donors (Lipinski definition) is 2. The number of nitrogens with zero attached hydrogens (tertiary/aromatic N) is 4. The standard InChI is InChI=1S/C31H36F4N6O2/c1-19-11-26(31(33,34)35)25(15-36-19)30(42)38-27-13-23(5-6-28(27)41-16-20(2)39(4)21(3)17-41)24-12-22(14-37-29(24)32)18-40-7-9-43-10-8-40/h5-6,11-15,20-21,36H,1,7-10,16-18H2,2-4H3,(H,38,42)/t20-,21+. The SMILES string of the molecule is C=C1C=C(C(F)(F)F)C(C(=O)Nc2cc(-c3cc(CN4CCOCC4)cnc3F)ccc2N2C[C@@H](C)N(C)[C@@H](C)C2)=CN1. The Morgan fingerprint density at radius 3 is 2.53 bits per heavy atom. The lowest BCUT2D eigenvalue weighted by Crippen LogP contribution is -2.55. The van der Waals surface area contributed by atoms with Crippen LogP contribution < -0.4 is 15.5 Å². The van der Waals surface area contributed by atoms with Crippen LogP contribution >= 0.6 is 0 Å². The zero-order valence-electron chi connectivity index (χ0n) is 24.5. The molecule has 8 nitrogen and oxygen atoms in total. The highest BCUT2D eigenvalue weighted by Crippen LogP contribution is 2.37. The van der Waals surface area contributed by atoms with E-state index in [1.165, 1.54) is 6.20 Å². The van der Waals surface area contributed by atoms with Crippen LogP contribution in [0, 0.1) is 5.95 Å². The van der Waals surface area contributed by atoms with E-state index < -0.39 is 29.2 Å². The molecule has 1 amide bonds. The number of amides is 1. The minimum absolute atomic E-state index is 0.0203. The molecule has 2 aromatic rings. The fourth-order valence-corrected chi connectivity index (χ4v) is 5.63. The van der Waals surface area contributed by atoms with Crippen molar-refractivity contribution in [3.8, 4) is 11.1 Å². The van der Waals surface area contributed by atoms with Gasteiger partial charge in [-0.1, -0.05) is 12.6 Å². The molecule has 0 spiro atoms. The third-order valence-electron chi connectivity index (χ3n) is 8.22. The number of anilines is 2. The van der Waals surface area contributed by atoms with Crippen molar-refractivity contribution in [1.29, 1.82) is 0 Å². The Hall–Kier alpha value is -3.74. The molecule has 2 N–H and O–H groups in total. The fraction of sp³-hybridized carbons (Fsp3) is 0.419. The van der Waals surface area contributed by atoms with Crippen LogP contribution in [0.25, 0.3) is 11.1 Å². The molecule has 0 unspecified atom stereocenters. The summed E-state index contributed by atoms with van der Waals surface area (Å²) in [4.78, 5) is 23.9. The number of morpholine rings is 1. The van der Waals surface area contributed by atoms with Gasteiger partial charge in [0.25, 0.3) is 5.91 Å². The monoisotopic (exact) mass is 600 g/mol. The van der Waals surface area contributed by atoms with Crippen LogP contribution in [0.4, 0.5) is 28.9 Å². The van der Waals surface area contributed by atoms with E-state index in [9.17, 15) is 18.0 Å². The highest BCUT2D eigenvalue weighted by Gasteiger charge is 2.40. The summed E-state index contributed by atoms with van der Waals surface area (Å²) in [6, 6.07) is 7.22. The molecule has 43 heavy (non-hydrogen) atoms. The molecule has 0 aliphatic carbocycles. The summed E-state index contributed by atoms with van der Waals surface area (Å²) >= 11 is 0. The van der Waals surface area contributed by atoms with Crippen molar-refractivity contribution >= 4 is 17.3 Å². The number of ether oxygens (including phenoxy) is 1. The first-order valence-corrected chi connectivity index (χ1v) is 14.2. The van der Waals surface area contributed by atoms with Crippen molar-refractivity contribution in [1.82, 2.24) is 20.1 Å². The number of halogens is 4. The Morgan fingerprint density at radius 2 is 1.86 bits per heavy atom. The number of carbonyl (C=O) groups excluding carboxylic acids is 1. The van der Waals surface area contributed by atoms with E-state index in [0.29, 0.717) is 44.1 Å². The van der Waals surface area contributed by atoms with Gasteiger partial charge in [0.15, 0.2) is 0 Å². The number of aromatic nitrogens is 1. The van der Waals surface area contributed by atoms with Crippen molar-refractivity contribution in [2.45, 2.75) is 38.7 Å². The molecule has 230 valence electrons. The number of piperazine rings is 1. The molecule has 12 heteroatoms. The molecular weight excluding hydrogens is 564 g/mol. The normalized spacial score (nSPS) is 22.1. The second kappa shape index (κ2) is 12.5. The maximum Gasteiger partial charge on any atom is 0.417 e. The van der Waals surface area contributed by atoms with Crippen molar-refractivity contribution in [2.75, 3.05) is 56.7 Å². The molecule has 2 fully saturated rings. The first-order chi connectivity index (χ1) is 20.4. The van der Waals surface area contributed by atoms with E-state index in [1.807, 2.05) is 7.05 Å². The van der Waals surface area contributed by atoms with Crippen molar-refractivity contribution < 1.29 is 27.1 Å². The summed E-state index contributed by atoms with van der Waals surface area (Å²) in [6.07, 6.45) is -1.46. The van der Waals surface area contributed by atoms with Crippen LogP contribution in [-0.4, -0.2) is 85.4 Å². The van der Waals surface area contributed by atoms with E-state index in [4.69, 9.17) is 4.74 Å². The Kier molecular flexibility index (Phi) is 8.91. The van der Waals surface area contributed by atoms with Crippen LogP contribution in [0.15, 0.2) is 66.2 Å². The maximum atomic E-state index is 15.1. The predicted molar refractivity (Wildman–Crippen MR) is 158 cm³/mol. The van der Waals surface area contributed by atoms with E-state index in [1.54, 1.807) is 24.3 Å². The fourth-order valence-electron chi connectivity index (χ4n) is 5.63. The van der Waals surface area contributed by atoms with Gasteiger partial charge in [-0.3, -0.25) is 14.6 Å². The molecule has 2 saturated heterocycles. The van der Waals surface area contributed by atoms with Gasteiger partial charge in [-0.15, -0.1) is 0 Å². The maximum absolute atomic E-state index is 15.1. The van der Waals surface area contributed by atoms with Gasteiger partial charge >= 0.3 is 6.18 Å². The van der Waals surface area contributed by atoms with Gasteiger partial charge in [0.05, 0.1) is 35.7 Å². The molecule has 0 saturated carbocycles. The number of likely N-dealkylation sites (N-methyl/N-ethyl adjacent to an activating group) is 1. The topological polar surface area (TPSA) is 73.0 Å². The van der Waals surface area contributed by atoms with Crippen LogP contribution in [0.3, 0.4) is 0 Å². The van der Waals surface area contributed by atoms with E-state index in [2.05, 4.69) is 50.7 Å². The molecule has 5 rings (SSSR count). The second-order valence-corrected chi connectivity index (χ2v) is 11.3. The molecular formula is C31H36F4N6O2. The summed E-state index contributed by atoms with van der Waals surface area (Å²) in [7, 11) is 2.04. The van der Waals surface area contributed by atoms with Crippen LogP contribution in [-0.2, 0) is 16.1 Å². The number of hydrogen-bond acceptors (Lipinski definition) is 7. The average Bonchev–Trinajstić information content (AvgIpc) is 2.96. The first-order valence-electron chi connectivity index (χ1n) is 14.2. The molecule has 0 bridgehead atoms. The smallest absolute Gasteiger partial charge is 0.379 e. The number of rotatable bonds is 6. The Morgan fingerprint density at radius 1 is 1.16 bits per heavy atom. The minimum Gasteiger partial charge on any atom is -0.379 e. The predicted octanol–water partition coefficient (Wildman–Crippen LogP) is 4.68. The summed E-state index contributed by atoms with van der Waals surface area (Å²) in [5, 5.41) is 5.31. The third kappa shape index (κ3) is 6.92. The summed E-state index contributed by atoms with van der Waals surface area (Å²) < 4.78 is 62.1. The third-order valence-corrected chi connectivity index (χ3v) is 8.22. The second-order valence-electron chi connectivity index (χ2n) is 11.3. The largest absolute Gasteiger partial charge is 0.417 e. The molecule has 2 atom stereocenters. The number of pyridine rings is 1. The van der Waals surface area contributed by atoms with Crippen LogP contribution in [0.2, 0.25) is 0 Å². The highest BCUT2D eigenvalue weighted by atomic mass is 19.4. The number of carbonyl (C=O) groups is 1. The Bertz CT molecular complexity index is 1440. The highest BCUT2D eigenvalue weighted by molar-refractivity contribution is 6.09. The molecule has 1 aromatic heterocycles. The van der Waals surface area contributed by atoms with Gasteiger partial charge in [0.2, 0.25) is 5.95 Å².